The molecule has 1 amide bonds. The summed E-state index contributed by atoms with van der Waals surface area (Å²) in [5, 5.41) is 7.28. The van der Waals surface area contributed by atoms with E-state index in [4.69, 9.17) is 4.74 Å². The highest BCUT2D eigenvalue weighted by molar-refractivity contribution is 5.87. The highest BCUT2D eigenvalue weighted by atomic mass is 16.5. The van der Waals surface area contributed by atoms with Crippen LogP contribution in [-0.2, 0) is 21.5 Å². The van der Waals surface area contributed by atoms with E-state index in [1.165, 1.54) is 5.56 Å². The first-order valence-electron chi connectivity index (χ1n) is 10.3. The number of aryl methyl sites for hydroxylation is 2. The van der Waals surface area contributed by atoms with Crippen LogP contribution in [-0.4, -0.2) is 34.8 Å². The first-order valence-corrected chi connectivity index (χ1v) is 10.3. The number of carbonyl (C=O) groups excluding carboxylic acids is 2. The topological polar surface area (TPSA) is 73.2 Å². The number of amides is 1. The third kappa shape index (κ3) is 5.92. The van der Waals surface area contributed by atoms with E-state index in [9.17, 15) is 9.59 Å². The van der Waals surface area contributed by atoms with E-state index in [1.54, 1.807) is 0 Å². The maximum atomic E-state index is 12.4. The normalized spacial score (nSPS) is 13.9. The number of nitrogens with one attached hydrogen (secondary N) is 1. The second-order valence-electron chi connectivity index (χ2n) is 8.78. The van der Waals surface area contributed by atoms with E-state index in [2.05, 4.69) is 31.2 Å². The standard InChI is InChI=1S/C23H31N3O3/c1-16-5-7-17(8-6-16)9-12-21(27)24-13-14-29-22(28)19-15-20(18-10-11-18)26(25-19)23(2,3)4/h5-8,15,18H,9-14H2,1-4H3,(H,24,27). The SMILES string of the molecule is Cc1ccc(CCC(=O)NCCOC(=O)c2cc(C3CC3)n(C(C)(C)C)n2)cc1. The summed E-state index contributed by atoms with van der Waals surface area (Å²) in [6.45, 7) is 8.70. The molecule has 1 aliphatic carbocycles. The van der Waals surface area contributed by atoms with Gasteiger partial charge < -0.3 is 10.1 Å². The van der Waals surface area contributed by atoms with Crippen LogP contribution in [0.2, 0.25) is 0 Å². The maximum Gasteiger partial charge on any atom is 0.358 e. The fraction of sp³-hybridized carbons (Fsp3) is 0.522. The van der Waals surface area contributed by atoms with Crippen molar-refractivity contribution in [2.75, 3.05) is 13.2 Å². The molecule has 6 heteroatoms. The predicted molar refractivity (Wildman–Crippen MR) is 112 cm³/mol. The molecule has 1 aliphatic rings. The van der Waals surface area contributed by atoms with E-state index in [0.717, 1.165) is 24.1 Å². The summed E-state index contributed by atoms with van der Waals surface area (Å²) >= 11 is 0. The lowest BCUT2D eigenvalue weighted by Gasteiger charge is -2.22. The molecule has 0 radical (unpaired) electrons. The third-order valence-corrected chi connectivity index (χ3v) is 5.00. The van der Waals surface area contributed by atoms with E-state index < -0.39 is 5.97 Å². The van der Waals surface area contributed by atoms with Crippen molar-refractivity contribution >= 4 is 11.9 Å². The van der Waals surface area contributed by atoms with Crippen LogP contribution in [0.4, 0.5) is 0 Å². The molecule has 0 bridgehead atoms. The molecule has 1 fully saturated rings. The number of benzene rings is 1. The first-order chi connectivity index (χ1) is 13.7. The number of hydrogen-bond acceptors (Lipinski definition) is 4. The van der Waals surface area contributed by atoms with E-state index in [1.807, 2.05) is 41.9 Å². The van der Waals surface area contributed by atoms with Gasteiger partial charge in [-0.25, -0.2) is 4.79 Å². The summed E-state index contributed by atoms with van der Waals surface area (Å²) in [6, 6.07) is 10.0. The molecule has 1 aromatic carbocycles. The quantitative estimate of drug-likeness (QED) is 0.544. The van der Waals surface area contributed by atoms with Gasteiger partial charge in [0.25, 0.3) is 0 Å². The molecular weight excluding hydrogens is 366 g/mol. The van der Waals surface area contributed by atoms with Crippen LogP contribution in [0.3, 0.4) is 0 Å². The summed E-state index contributed by atoms with van der Waals surface area (Å²) in [6.07, 6.45) is 3.40. The van der Waals surface area contributed by atoms with E-state index in [-0.39, 0.29) is 18.1 Å². The second-order valence-corrected chi connectivity index (χ2v) is 8.78. The molecule has 0 saturated heterocycles. The van der Waals surface area contributed by atoms with Gasteiger partial charge >= 0.3 is 5.97 Å². The molecule has 2 aromatic rings. The maximum absolute atomic E-state index is 12.4. The van der Waals surface area contributed by atoms with Gasteiger partial charge in [-0.1, -0.05) is 29.8 Å². The largest absolute Gasteiger partial charge is 0.459 e. The zero-order valence-electron chi connectivity index (χ0n) is 17.8. The highest BCUT2D eigenvalue weighted by Crippen LogP contribution is 2.41. The molecule has 156 valence electrons. The van der Waals surface area contributed by atoms with Crippen LogP contribution >= 0.6 is 0 Å². The van der Waals surface area contributed by atoms with Gasteiger partial charge in [-0.15, -0.1) is 0 Å². The Morgan fingerprint density at radius 3 is 2.52 bits per heavy atom. The Morgan fingerprint density at radius 2 is 1.90 bits per heavy atom. The van der Waals surface area contributed by atoms with Gasteiger partial charge in [-0.3, -0.25) is 9.48 Å². The average molecular weight is 398 g/mol. The van der Waals surface area contributed by atoms with Crippen molar-refractivity contribution in [1.82, 2.24) is 15.1 Å². The van der Waals surface area contributed by atoms with Crippen LogP contribution < -0.4 is 5.32 Å². The minimum atomic E-state index is -0.441. The summed E-state index contributed by atoms with van der Waals surface area (Å²) in [5.41, 5.74) is 3.61. The van der Waals surface area contributed by atoms with Crippen molar-refractivity contribution in [3.8, 4) is 0 Å². The van der Waals surface area contributed by atoms with Crippen LogP contribution in [0.5, 0.6) is 0 Å². The molecule has 1 saturated carbocycles. The zero-order valence-corrected chi connectivity index (χ0v) is 17.8. The minimum Gasteiger partial charge on any atom is -0.459 e. The summed E-state index contributed by atoms with van der Waals surface area (Å²) in [5.74, 6) is 0.00884. The lowest BCUT2D eigenvalue weighted by Crippen LogP contribution is -2.28. The molecule has 6 nitrogen and oxygen atoms in total. The van der Waals surface area contributed by atoms with Crippen molar-refractivity contribution < 1.29 is 14.3 Å². The molecule has 1 N–H and O–H groups in total. The molecular formula is C23H31N3O3. The number of carbonyl (C=O) groups is 2. The molecule has 1 heterocycles. The highest BCUT2D eigenvalue weighted by Gasteiger charge is 2.32. The Morgan fingerprint density at radius 1 is 1.21 bits per heavy atom. The fourth-order valence-corrected chi connectivity index (χ4v) is 3.21. The number of hydrogen-bond donors (Lipinski definition) is 1. The lowest BCUT2D eigenvalue weighted by molar-refractivity contribution is -0.121. The van der Waals surface area contributed by atoms with E-state index >= 15 is 0 Å². The van der Waals surface area contributed by atoms with Crippen molar-refractivity contribution in [3.05, 3.63) is 52.8 Å². The first kappa shape index (κ1) is 21.1. The zero-order chi connectivity index (χ0) is 21.0. The minimum absolute atomic E-state index is 0.0466. The molecule has 0 atom stereocenters. The average Bonchev–Trinajstić information content (AvgIpc) is 3.41. The van der Waals surface area contributed by atoms with Gasteiger partial charge in [0, 0.05) is 18.0 Å². The molecule has 3 rings (SSSR count). The Balaban J connectivity index is 1.42. The van der Waals surface area contributed by atoms with Gasteiger partial charge in [0.05, 0.1) is 12.1 Å². The lowest BCUT2D eigenvalue weighted by atomic mass is 10.1. The Hall–Kier alpha value is -2.63. The van der Waals surface area contributed by atoms with Crippen LogP contribution in [0.25, 0.3) is 0 Å². The van der Waals surface area contributed by atoms with Crippen LogP contribution in [0.15, 0.2) is 30.3 Å². The Labute approximate surface area is 172 Å². The number of rotatable bonds is 8. The summed E-state index contributed by atoms with van der Waals surface area (Å²) < 4.78 is 7.24. The van der Waals surface area contributed by atoms with Crippen LogP contribution in [0.1, 0.15) is 73.3 Å². The summed E-state index contributed by atoms with van der Waals surface area (Å²) in [4.78, 5) is 24.3. The van der Waals surface area contributed by atoms with Crippen LogP contribution in [0, 0.1) is 6.92 Å². The predicted octanol–water partition coefficient (Wildman–Crippen LogP) is 3.73. The van der Waals surface area contributed by atoms with Gasteiger partial charge in [-0.2, -0.15) is 5.10 Å². The number of ether oxygens (including phenoxy) is 1. The van der Waals surface area contributed by atoms with Gasteiger partial charge in [0.2, 0.25) is 5.91 Å². The Kier molecular flexibility index (Phi) is 6.40. The second kappa shape index (κ2) is 8.80. The number of aromatic nitrogens is 2. The van der Waals surface area contributed by atoms with E-state index in [0.29, 0.717) is 31.0 Å². The van der Waals surface area contributed by atoms with Gasteiger partial charge in [0.1, 0.15) is 6.61 Å². The van der Waals surface area contributed by atoms with Crippen molar-refractivity contribution in [3.63, 3.8) is 0 Å². The van der Waals surface area contributed by atoms with Crippen molar-refractivity contribution in [2.24, 2.45) is 0 Å². The number of esters is 1. The van der Waals surface area contributed by atoms with Crippen molar-refractivity contribution in [1.29, 1.82) is 0 Å². The number of nitrogens with zero attached hydrogens (tertiary/aromatic N) is 2. The molecule has 1 aromatic heterocycles. The van der Waals surface area contributed by atoms with Gasteiger partial charge in [-0.05, 0) is 58.6 Å². The molecule has 0 unspecified atom stereocenters. The molecule has 0 spiro atoms. The fourth-order valence-electron chi connectivity index (χ4n) is 3.21. The summed E-state index contributed by atoms with van der Waals surface area (Å²) in [7, 11) is 0. The smallest absolute Gasteiger partial charge is 0.358 e. The third-order valence-electron chi connectivity index (χ3n) is 5.00. The van der Waals surface area contributed by atoms with Crippen molar-refractivity contribution in [2.45, 2.75) is 64.8 Å². The monoisotopic (exact) mass is 397 g/mol. The molecule has 29 heavy (non-hydrogen) atoms. The Bertz CT molecular complexity index is 858. The van der Waals surface area contributed by atoms with Gasteiger partial charge in [0.15, 0.2) is 5.69 Å². The molecule has 0 aliphatic heterocycles.